The van der Waals surface area contributed by atoms with E-state index in [1.54, 1.807) is 19.2 Å². The average molecular weight is 294 g/mol. The normalized spacial score (nSPS) is 22.6. The summed E-state index contributed by atoms with van der Waals surface area (Å²) in [7, 11) is 1.76. The summed E-state index contributed by atoms with van der Waals surface area (Å²) in [5.74, 6) is 0.435. The molecule has 1 aliphatic rings. The molecule has 2 rings (SSSR count). The van der Waals surface area contributed by atoms with E-state index < -0.39 is 0 Å². The Morgan fingerprint density at radius 2 is 2.24 bits per heavy atom. The van der Waals surface area contributed by atoms with Crippen LogP contribution in [0.3, 0.4) is 0 Å². The highest BCUT2D eigenvalue weighted by molar-refractivity contribution is 5.54. The summed E-state index contributed by atoms with van der Waals surface area (Å²) in [6.07, 6.45) is 2.35. The third-order valence-electron chi connectivity index (χ3n) is 4.36. The molecule has 21 heavy (non-hydrogen) atoms. The minimum Gasteiger partial charge on any atom is -0.379 e. The van der Waals surface area contributed by atoms with Crippen LogP contribution in [0.1, 0.15) is 32.3 Å². The van der Waals surface area contributed by atoms with E-state index in [1.165, 1.54) is 0 Å². The Balaban J connectivity index is 2.16. The van der Waals surface area contributed by atoms with Gasteiger partial charge >= 0.3 is 0 Å². The third kappa shape index (κ3) is 3.95. The summed E-state index contributed by atoms with van der Waals surface area (Å²) >= 11 is 0. The zero-order chi connectivity index (χ0) is 15.2. The fourth-order valence-corrected chi connectivity index (χ4v) is 2.97. The van der Waals surface area contributed by atoms with E-state index in [4.69, 9.17) is 4.74 Å². The molecule has 0 bridgehead atoms. The maximum absolute atomic E-state index is 14.2. The predicted octanol–water partition coefficient (Wildman–Crippen LogP) is 3.19. The van der Waals surface area contributed by atoms with Crippen molar-refractivity contribution in [3.63, 3.8) is 0 Å². The molecule has 1 aliphatic heterocycles. The number of anilines is 1. The lowest BCUT2D eigenvalue weighted by Gasteiger charge is -2.38. The lowest BCUT2D eigenvalue weighted by molar-refractivity contribution is 0.0498. The van der Waals surface area contributed by atoms with Crippen molar-refractivity contribution in [1.29, 1.82) is 0 Å². The molecule has 0 amide bonds. The number of nitrogens with zero attached hydrogens (tertiary/aromatic N) is 1. The molecular weight excluding hydrogens is 267 g/mol. The second-order valence-corrected chi connectivity index (χ2v) is 5.90. The summed E-state index contributed by atoms with van der Waals surface area (Å²) in [5.41, 5.74) is 1.78. The number of nitrogens with one attached hydrogen (secondary N) is 1. The summed E-state index contributed by atoms with van der Waals surface area (Å²) < 4.78 is 19.8. The second kappa shape index (κ2) is 7.76. The SMILES string of the molecule is CCCNCc1c(F)cccc1N1CCC(C)C(OC)C1. The minimum atomic E-state index is -0.122. The van der Waals surface area contributed by atoms with Crippen LogP contribution in [0.25, 0.3) is 0 Å². The van der Waals surface area contributed by atoms with Crippen LogP contribution in [-0.4, -0.2) is 32.8 Å². The minimum absolute atomic E-state index is 0.122. The third-order valence-corrected chi connectivity index (χ3v) is 4.36. The molecule has 1 saturated heterocycles. The first kappa shape index (κ1) is 16.2. The van der Waals surface area contributed by atoms with Gasteiger partial charge in [-0.2, -0.15) is 0 Å². The quantitative estimate of drug-likeness (QED) is 0.816. The van der Waals surface area contributed by atoms with Crippen LogP contribution in [-0.2, 0) is 11.3 Å². The van der Waals surface area contributed by atoms with Crippen molar-refractivity contribution < 1.29 is 9.13 Å². The van der Waals surface area contributed by atoms with Gasteiger partial charge in [-0.05, 0) is 37.4 Å². The van der Waals surface area contributed by atoms with Crippen LogP contribution in [0.15, 0.2) is 18.2 Å². The summed E-state index contributed by atoms with van der Waals surface area (Å²) in [5, 5.41) is 3.31. The van der Waals surface area contributed by atoms with E-state index in [2.05, 4.69) is 24.1 Å². The van der Waals surface area contributed by atoms with E-state index in [0.29, 0.717) is 12.5 Å². The lowest BCUT2D eigenvalue weighted by Crippen LogP contribution is -2.44. The Morgan fingerprint density at radius 3 is 2.95 bits per heavy atom. The number of hydrogen-bond donors (Lipinski definition) is 1. The number of halogens is 1. The highest BCUT2D eigenvalue weighted by Gasteiger charge is 2.27. The van der Waals surface area contributed by atoms with Gasteiger partial charge in [-0.3, -0.25) is 0 Å². The van der Waals surface area contributed by atoms with E-state index >= 15 is 0 Å². The summed E-state index contributed by atoms with van der Waals surface area (Å²) in [4.78, 5) is 2.26. The van der Waals surface area contributed by atoms with Crippen LogP contribution < -0.4 is 10.2 Å². The molecule has 0 saturated carbocycles. The molecule has 1 N–H and O–H groups in total. The van der Waals surface area contributed by atoms with Crippen LogP contribution in [0.5, 0.6) is 0 Å². The lowest BCUT2D eigenvalue weighted by atomic mass is 9.95. The van der Waals surface area contributed by atoms with Crippen molar-refractivity contribution in [2.45, 2.75) is 39.3 Å². The number of benzene rings is 1. The van der Waals surface area contributed by atoms with Gasteiger partial charge in [-0.15, -0.1) is 0 Å². The Labute approximate surface area is 127 Å². The maximum atomic E-state index is 14.2. The Morgan fingerprint density at radius 1 is 1.43 bits per heavy atom. The second-order valence-electron chi connectivity index (χ2n) is 5.90. The molecular formula is C17H27FN2O. The zero-order valence-corrected chi connectivity index (χ0v) is 13.4. The van der Waals surface area contributed by atoms with Crippen molar-refractivity contribution in [3.8, 4) is 0 Å². The van der Waals surface area contributed by atoms with E-state index in [9.17, 15) is 4.39 Å². The Bertz CT molecular complexity index is 452. The van der Waals surface area contributed by atoms with Gasteiger partial charge in [0.1, 0.15) is 5.82 Å². The van der Waals surface area contributed by atoms with Gasteiger partial charge in [0.2, 0.25) is 0 Å². The van der Waals surface area contributed by atoms with Crippen molar-refractivity contribution >= 4 is 5.69 Å². The average Bonchev–Trinajstić information content (AvgIpc) is 2.49. The van der Waals surface area contributed by atoms with Gasteiger partial charge < -0.3 is 15.0 Å². The molecule has 118 valence electrons. The van der Waals surface area contributed by atoms with Crippen molar-refractivity contribution in [2.75, 3.05) is 31.6 Å². The van der Waals surface area contributed by atoms with Gasteiger partial charge in [0, 0.05) is 38.0 Å². The van der Waals surface area contributed by atoms with Crippen molar-refractivity contribution in [1.82, 2.24) is 5.32 Å². The van der Waals surface area contributed by atoms with Gasteiger partial charge in [-0.25, -0.2) is 4.39 Å². The Hall–Kier alpha value is -1.13. The number of hydrogen-bond acceptors (Lipinski definition) is 3. The first-order chi connectivity index (χ1) is 10.2. The number of piperidine rings is 1. The first-order valence-electron chi connectivity index (χ1n) is 7.93. The molecule has 1 fully saturated rings. The van der Waals surface area contributed by atoms with E-state index in [-0.39, 0.29) is 11.9 Å². The molecule has 3 nitrogen and oxygen atoms in total. The van der Waals surface area contributed by atoms with Gasteiger partial charge in [-0.1, -0.05) is 19.9 Å². The fraction of sp³-hybridized carbons (Fsp3) is 0.647. The Kier molecular flexibility index (Phi) is 6.00. The highest BCUT2D eigenvalue weighted by atomic mass is 19.1. The smallest absolute Gasteiger partial charge is 0.129 e. The standard InChI is InChI=1S/C17H27FN2O/c1-4-9-19-11-14-15(18)6-5-7-16(14)20-10-8-13(2)17(12-20)21-3/h5-7,13,17,19H,4,8-12H2,1-3H3. The van der Waals surface area contributed by atoms with E-state index in [0.717, 1.165) is 43.7 Å². The highest BCUT2D eigenvalue weighted by Crippen LogP contribution is 2.29. The van der Waals surface area contributed by atoms with Gasteiger partial charge in [0.25, 0.3) is 0 Å². The zero-order valence-electron chi connectivity index (χ0n) is 13.4. The van der Waals surface area contributed by atoms with Crippen LogP contribution in [0, 0.1) is 11.7 Å². The molecule has 1 heterocycles. The summed E-state index contributed by atoms with van der Waals surface area (Å²) in [6, 6.07) is 5.37. The monoisotopic (exact) mass is 294 g/mol. The van der Waals surface area contributed by atoms with Crippen LogP contribution >= 0.6 is 0 Å². The number of rotatable bonds is 6. The summed E-state index contributed by atoms with van der Waals surface area (Å²) in [6.45, 7) is 7.63. The topological polar surface area (TPSA) is 24.5 Å². The van der Waals surface area contributed by atoms with E-state index in [1.807, 2.05) is 6.07 Å². The van der Waals surface area contributed by atoms with Gasteiger partial charge in [0.05, 0.1) is 6.10 Å². The molecule has 1 aromatic carbocycles. The number of ether oxygens (including phenoxy) is 1. The predicted molar refractivity (Wildman–Crippen MR) is 85.2 cm³/mol. The molecule has 0 aliphatic carbocycles. The molecule has 2 atom stereocenters. The molecule has 1 aromatic rings. The van der Waals surface area contributed by atoms with Crippen LogP contribution in [0.2, 0.25) is 0 Å². The maximum Gasteiger partial charge on any atom is 0.129 e. The molecule has 0 radical (unpaired) electrons. The fourth-order valence-electron chi connectivity index (χ4n) is 2.97. The van der Waals surface area contributed by atoms with Crippen molar-refractivity contribution in [3.05, 3.63) is 29.6 Å². The largest absolute Gasteiger partial charge is 0.379 e. The molecule has 0 spiro atoms. The van der Waals surface area contributed by atoms with Crippen LogP contribution in [0.4, 0.5) is 10.1 Å². The van der Waals surface area contributed by atoms with Gasteiger partial charge in [0.15, 0.2) is 0 Å². The molecule has 4 heteroatoms. The van der Waals surface area contributed by atoms with Crippen molar-refractivity contribution in [2.24, 2.45) is 5.92 Å². The molecule has 0 aromatic heterocycles. The number of methoxy groups -OCH3 is 1. The molecule has 2 unspecified atom stereocenters. The first-order valence-corrected chi connectivity index (χ1v) is 7.93.